The third-order valence-corrected chi connectivity index (χ3v) is 4.96. The fourth-order valence-electron chi connectivity index (χ4n) is 2.82. The largest absolute Gasteiger partial charge is 0.471 e. The van der Waals surface area contributed by atoms with Gasteiger partial charge in [0.15, 0.2) is 12.4 Å². The maximum atomic E-state index is 13.2. The summed E-state index contributed by atoms with van der Waals surface area (Å²) < 4.78 is 22.9. The highest BCUT2D eigenvalue weighted by molar-refractivity contribution is 9.10. The van der Waals surface area contributed by atoms with Crippen molar-refractivity contribution in [3.8, 4) is 5.75 Å². The molecule has 0 bridgehead atoms. The summed E-state index contributed by atoms with van der Waals surface area (Å²) in [4.78, 5) is 12.5. The van der Waals surface area contributed by atoms with Crippen molar-refractivity contribution in [1.82, 2.24) is 19.6 Å². The molecule has 0 spiro atoms. The fraction of sp³-hybridized carbons (Fsp3) is 0.0952. The molecule has 0 saturated carbocycles. The number of hydrogen-bond donors (Lipinski definition) is 1. The average molecular weight is 505 g/mol. The van der Waals surface area contributed by atoms with Crippen LogP contribution in [-0.4, -0.2) is 25.5 Å². The van der Waals surface area contributed by atoms with Crippen LogP contribution in [0.25, 0.3) is 0 Å². The van der Waals surface area contributed by atoms with Gasteiger partial charge in [-0.1, -0.05) is 23.7 Å². The van der Waals surface area contributed by atoms with Crippen LogP contribution in [0.1, 0.15) is 16.1 Å². The molecule has 4 aromatic rings. The zero-order valence-electron chi connectivity index (χ0n) is 16.0. The van der Waals surface area contributed by atoms with Crippen LogP contribution in [0, 0.1) is 5.82 Å². The minimum absolute atomic E-state index is 0.0274. The number of anilines is 1. The third-order valence-electron chi connectivity index (χ3n) is 4.26. The first kappa shape index (κ1) is 21.1. The number of benzene rings is 2. The zero-order chi connectivity index (χ0) is 21.8. The average Bonchev–Trinajstić information content (AvgIpc) is 3.38. The van der Waals surface area contributed by atoms with Crippen LogP contribution >= 0.6 is 27.5 Å². The Hall–Kier alpha value is -3.17. The van der Waals surface area contributed by atoms with Crippen molar-refractivity contribution in [2.24, 2.45) is 0 Å². The van der Waals surface area contributed by atoms with Crippen molar-refractivity contribution in [2.45, 2.75) is 13.3 Å². The van der Waals surface area contributed by atoms with Gasteiger partial charge in [-0.3, -0.25) is 9.48 Å². The van der Waals surface area contributed by atoms with Crippen LogP contribution < -0.4 is 10.1 Å². The Bertz CT molecular complexity index is 1230. The number of nitrogens with zero attached hydrogens (tertiary/aromatic N) is 4. The van der Waals surface area contributed by atoms with E-state index in [0.29, 0.717) is 18.0 Å². The fourth-order valence-corrected chi connectivity index (χ4v) is 3.31. The van der Waals surface area contributed by atoms with Gasteiger partial charge in [-0.15, -0.1) is 0 Å². The van der Waals surface area contributed by atoms with Crippen LogP contribution in [0.3, 0.4) is 0 Å². The Morgan fingerprint density at radius 3 is 2.84 bits per heavy atom. The Balaban J connectivity index is 1.36. The topological polar surface area (TPSA) is 74.0 Å². The molecule has 0 aliphatic heterocycles. The van der Waals surface area contributed by atoms with Gasteiger partial charge >= 0.3 is 0 Å². The predicted octanol–water partition coefficient (Wildman–Crippen LogP) is 4.97. The van der Waals surface area contributed by atoms with Crippen LogP contribution in [-0.2, 0) is 13.3 Å². The molecule has 7 nitrogen and oxygen atoms in total. The van der Waals surface area contributed by atoms with E-state index >= 15 is 0 Å². The van der Waals surface area contributed by atoms with Gasteiger partial charge in [-0.05, 0) is 51.8 Å². The minimum atomic E-state index is -0.520. The van der Waals surface area contributed by atoms with Gasteiger partial charge in [0.25, 0.3) is 5.91 Å². The smallest absolute Gasteiger partial charge is 0.276 e. The Labute approximate surface area is 190 Å². The van der Waals surface area contributed by atoms with Crippen molar-refractivity contribution < 1.29 is 13.9 Å². The first-order valence-electron chi connectivity index (χ1n) is 9.16. The molecule has 1 amide bonds. The van der Waals surface area contributed by atoms with Crippen LogP contribution in [0.5, 0.6) is 5.75 Å². The van der Waals surface area contributed by atoms with Gasteiger partial charge in [0, 0.05) is 24.1 Å². The Kier molecular flexibility index (Phi) is 6.34. The molecule has 0 unspecified atom stereocenters. The molecule has 10 heteroatoms. The summed E-state index contributed by atoms with van der Waals surface area (Å²) in [5.41, 5.74) is 1.88. The number of amides is 1. The minimum Gasteiger partial charge on any atom is -0.471 e. The number of ether oxygens (including phenoxy) is 1. The lowest BCUT2D eigenvalue weighted by atomic mass is 10.2. The molecule has 4 rings (SSSR count). The molecule has 0 saturated heterocycles. The normalized spacial score (nSPS) is 10.8. The van der Waals surface area contributed by atoms with E-state index in [9.17, 15) is 9.18 Å². The Morgan fingerprint density at radius 1 is 1.19 bits per heavy atom. The van der Waals surface area contributed by atoms with Crippen molar-refractivity contribution in [2.75, 3.05) is 5.32 Å². The summed E-state index contributed by atoms with van der Waals surface area (Å²) in [6.45, 7) is 0.624. The van der Waals surface area contributed by atoms with Gasteiger partial charge in [0.05, 0.1) is 22.2 Å². The van der Waals surface area contributed by atoms with Gasteiger partial charge < -0.3 is 10.1 Å². The lowest BCUT2D eigenvalue weighted by Gasteiger charge is -2.08. The molecule has 31 heavy (non-hydrogen) atoms. The molecule has 158 valence electrons. The summed E-state index contributed by atoms with van der Waals surface area (Å²) in [6, 6.07) is 13.2. The third kappa shape index (κ3) is 5.50. The van der Waals surface area contributed by atoms with Crippen LogP contribution in [0.15, 0.2) is 71.6 Å². The monoisotopic (exact) mass is 503 g/mol. The maximum absolute atomic E-state index is 13.2. The van der Waals surface area contributed by atoms with Crippen molar-refractivity contribution >= 4 is 39.1 Å². The van der Waals surface area contributed by atoms with Crippen molar-refractivity contribution in [3.63, 3.8) is 0 Å². The molecule has 2 aromatic heterocycles. The molecular formula is C21H16BrClFN5O2. The lowest BCUT2D eigenvalue weighted by Crippen LogP contribution is -2.14. The Morgan fingerprint density at radius 2 is 2.06 bits per heavy atom. The predicted molar refractivity (Wildman–Crippen MR) is 118 cm³/mol. The lowest BCUT2D eigenvalue weighted by molar-refractivity contribution is 0.102. The van der Waals surface area contributed by atoms with Gasteiger partial charge in [0.1, 0.15) is 11.6 Å². The molecule has 0 aliphatic rings. The highest BCUT2D eigenvalue weighted by Crippen LogP contribution is 2.21. The van der Waals surface area contributed by atoms with E-state index in [0.717, 1.165) is 10.0 Å². The van der Waals surface area contributed by atoms with Crippen LogP contribution in [0.2, 0.25) is 5.02 Å². The van der Waals surface area contributed by atoms with E-state index in [-0.39, 0.29) is 23.4 Å². The summed E-state index contributed by atoms with van der Waals surface area (Å²) in [5.74, 6) is -0.467. The van der Waals surface area contributed by atoms with E-state index in [1.807, 2.05) is 24.4 Å². The number of carbonyl (C=O) groups is 1. The summed E-state index contributed by atoms with van der Waals surface area (Å²) in [5, 5.41) is 11.2. The maximum Gasteiger partial charge on any atom is 0.276 e. The van der Waals surface area contributed by atoms with Gasteiger partial charge in [-0.2, -0.15) is 10.2 Å². The van der Waals surface area contributed by atoms with E-state index in [4.69, 9.17) is 16.3 Å². The molecule has 0 fully saturated rings. The van der Waals surface area contributed by atoms with E-state index < -0.39 is 5.82 Å². The molecule has 0 atom stereocenters. The number of halogens is 3. The van der Waals surface area contributed by atoms with Crippen molar-refractivity contribution in [1.29, 1.82) is 0 Å². The highest BCUT2D eigenvalue weighted by atomic mass is 79.9. The second kappa shape index (κ2) is 9.32. The van der Waals surface area contributed by atoms with E-state index in [2.05, 4.69) is 31.4 Å². The first-order chi connectivity index (χ1) is 15.0. The van der Waals surface area contributed by atoms with E-state index in [1.165, 1.54) is 22.9 Å². The number of rotatable bonds is 7. The van der Waals surface area contributed by atoms with E-state index in [1.54, 1.807) is 29.2 Å². The summed E-state index contributed by atoms with van der Waals surface area (Å²) >= 11 is 9.11. The second-order valence-corrected chi connectivity index (χ2v) is 7.92. The summed E-state index contributed by atoms with van der Waals surface area (Å²) in [6.07, 6.45) is 5.21. The second-order valence-electron chi connectivity index (χ2n) is 6.60. The molecule has 0 radical (unpaired) electrons. The molecule has 2 heterocycles. The summed E-state index contributed by atoms with van der Waals surface area (Å²) in [7, 11) is 0. The zero-order valence-corrected chi connectivity index (χ0v) is 18.3. The quantitative estimate of drug-likeness (QED) is 0.386. The molecule has 0 aliphatic carbocycles. The molecule has 2 aromatic carbocycles. The first-order valence-corrected chi connectivity index (χ1v) is 10.3. The number of aromatic nitrogens is 4. The van der Waals surface area contributed by atoms with Crippen LogP contribution in [0.4, 0.5) is 10.1 Å². The number of carbonyl (C=O) groups excluding carboxylic acids is 1. The molecule has 1 N–H and O–H groups in total. The molecular weight excluding hydrogens is 489 g/mol. The van der Waals surface area contributed by atoms with Gasteiger partial charge in [-0.25, -0.2) is 9.07 Å². The standard InChI is InChI=1S/C21H16BrClFN5O2/c22-15-10-25-29(12-15)11-14-2-1-3-16(8-14)26-21(30)20-6-7-28(27-20)13-31-17-4-5-19(24)18(23)9-17/h1-10,12H,11,13H2,(H,26,30). The number of nitrogens with one attached hydrogen (secondary N) is 1. The highest BCUT2D eigenvalue weighted by Gasteiger charge is 2.11. The SMILES string of the molecule is O=C(Nc1cccc(Cn2cc(Br)cn2)c1)c1ccn(COc2ccc(F)c(Cl)c2)n1. The van der Waals surface area contributed by atoms with Crippen molar-refractivity contribution in [3.05, 3.63) is 93.7 Å². The number of hydrogen-bond acceptors (Lipinski definition) is 4. The van der Waals surface area contributed by atoms with Gasteiger partial charge in [0.2, 0.25) is 0 Å².